The van der Waals surface area contributed by atoms with Gasteiger partial charge in [-0.25, -0.2) is 9.97 Å². The molecule has 0 saturated carbocycles. The van der Waals surface area contributed by atoms with Crippen molar-refractivity contribution >= 4 is 11.6 Å². The van der Waals surface area contributed by atoms with Gasteiger partial charge in [-0.2, -0.15) is 5.10 Å². The summed E-state index contributed by atoms with van der Waals surface area (Å²) < 4.78 is 12.9. The van der Waals surface area contributed by atoms with Gasteiger partial charge in [0.1, 0.15) is 11.4 Å². The topological polar surface area (TPSA) is 87.0 Å². The SMILES string of the molecule is COc1ccc(Nc2nccc(-c3c(-c4cccnc4)nn4c3COCC4)n2)cc1. The third-order valence-electron chi connectivity index (χ3n) is 4.94. The molecule has 0 atom stereocenters. The van der Waals surface area contributed by atoms with Crippen LogP contribution in [0.15, 0.2) is 61.1 Å². The normalized spacial score (nSPS) is 13.0. The molecule has 1 aliphatic rings. The second-order valence-corrected chi connectivity index (χ2v) is 6.81. The van der Waals surface area contributed by atoms with Gasteiger partial charge in [-0.3, -0.25) is 9.67 Å². The Labute approximate surface area is 173 Å². The third kappa shape index (κ3) is 3.48. The molecule has 0 saturated heterocycles. The summed E-state index contributed by atoms with van der Waals surface area (Å²) in [5.41, 5.74) is 5.40. The Morgan fingerprint density at radius 1 is 1.10 bits per heavy atom. The van der Waals surface area contributed by atoms with Crippen molar-refractivity contribution in [1.29, 1.82) is 0 Å². The van der Waals surface area contributed by atoms with E-state index < -0.39 is 0 Å². The number of methoxy groups -OCH3 is 1. The zero-order chi connectivity index (χ0) is 20.3. The number of nitrogens with one attached hydrogen (secondary N) is 1. The second-order valence-electron chi connectivity index (χ2n) is 6.81. The molecule has 0 fully saturated rings. The summed E-state index contributed by atoms with van der Waals surface area (Å²) >= 11 is 0. The maximum atomic E-state index is 5.71. The van der Waals surface area contributed by atoms with E-state index in [-0.39, 0.29) is 0 Å². The van der Waals surface area contributed by atoms with Crippen molar-refractivity contribution in [2.24, 2.45) is 0 Å². The minimum absolute atomic E-state index is 0.494. The summed E-state index contributed by atoms with van der Waals surface area (Å²) in [6, 6.07) is 13.4. The van der Waals surface area contributed by atoms with Gasteiger partial charge >= 0.3 is 0 Å². The quantitative estimate of drug-likeness (QED) is 0.547. The van der Waals surface area contributed by atoms with E-state index in [1.54, 1.807) is 19.5 Å². The molecule has 30 heavy (non-hydrogen) atoms. The van der Waals surface area contributed by atoms with Gasteiger partial charge in [0.05, 0.1) is 43.8 Å². The Morgan fingerprint density at radius 3 is 2.80 bits per heavy atom. The van der Waals surface area contributed by atoms with E-state index in [1.165, 1.54) is 0 Å². The van der Waals surface area contributed by atoms with E-state index in [2.05, 4.69) is 15.3 Å². The van der Waals surface area contributed by atoms with Crippen LogP contribution in [0, 0.1) is 0 Å². The predicted molar refractivity (Wildman–Crippen MR) is 112 cm³/mol. The molecule has 4 heterocycles. The van der Waals surface area contributed by atoms with Crippen LogP contribution in [0.25, 0.3) is 22.5 Å². The van der Waals surface area contributed by atoms with Gasteiger partial charge in [-0.05, 0) is 42.5 Å². The van der Waals surface area contributed by atoms with Gasteiger partial charge < -0.3 is 14.8 Å². The van der Waals surface area contributed by atoms with Crippen LogP contribution in [0.2, 0.25) is 0 Å². The van der Waals surface area contributed by atoms with E-state index in [4.69, 9.17) is 19.6 Å². The van der Waals surface area contributed by atoms with Gasteiger partial charge in [0, 0.05) is 29.8 Å². The van der Waals surface area contributed by atoms with Crippen molar-refractivity contribution in [2.45, 2.75) is 13.2 Å². The first-order chi connectivity index (χ1) is 14.8. The Bertz CT molecular complexity index is 1160. The molecule has 4 aromatic rings. The first kappa shape index (κ1) is 18.3. The average Bonchev–Trinajstić information content (AvgIpc) is 3.20. The third-order valence-corrected chi connectivity index (χ3v) is 4.94. The molecule has 0 radical (unpaired) electrons. The second kappa shape index (κ2) is 7.92. The van der Waals surface area contributed by atoms with Crippen LogP contribution < -0.4 is 10.1 Å². The largest absolute Gasteiger partial charge is 0.497 e. The molecular weight excluding hydrogens is 380 g/mol. The lowest BCUT2D eigenvalue weighted by atomic mass is 10.0. The zero-order valence-corrected chi connectivity index (χ0v) is 16.4. The number of pyridine rings is 1. The maximum Gasteiger partial charge on any atom is 0.227 e. The van der Waals surface area contributed by atoms with Crippen LogP contribution in [0.5, 0.6) is 5.75 Å². The highest BCUT2D eigenvalue weighted by atomic mass is 16.5. The molecule has 150 valence electrons. The standard InChI is InChI=1S/C22H20N6O2/c1-29-17-6-4-16(5-7-17)25-22-24-10-8-18(26-22)20-19-14-30-12-11-28(19)27-21(20)15-3-2-9-23-13-15/h2-10,13H,11-12,14H2,1H3,(H,24,25,26). The van der Waals surface area contributed by atoms with E-state index in [9.17, 15) is 0 Å². The lowest BCUT2D eigenvalue weighted by Crippen LogP contribution is -2.17. The van der Waals surface area contributed by atoms with Crippen LogP contribution in [0.1, 0.15) is 5.69 Å². The Balaban J connectivity index is 1.55. The highest BCUT2D eigenvalue weighted by Crippen LogP contribution is 2.35. The summed E-state index contributed by atoms with van der Waals surface area (Å²) in [7, 11) is 1.64. The fraction of sp³-hybridized carbons (Fsp3) is 0.182. The Kier molecular flexibility index (Phi) is 4.82. The first-order valence-electron chi connectivity index (χ1n) is 9.64. The van der Waals surface area contributed by atoms with Gasteiger partial charge in [0.15, 0.2) is 0 Å². The monoisotopic (exact) mass is 400 g/mol. The molecule has 3 aromatic heterocycles. The predicted octanol–water partition coefficient (Wildman–Crippen LogP) is 3.68. The van der Waals surface area contributed by atoms with E-state index >= 15 is 0 Å². The van der Waals surface area contributed by atoms with Crippen molar-refractivity contribution in [3.05, 3.63) is 66.7 Å². The highest BCUT2D eigenvalue weighted by molar-refractivity contribution is 5.81. The van der Waals surface area contributed by atoms with Gasteiger partial charge in [0.25, 0.3) is 0 Å². The van der Waals surface area contributed by atoms with Crippen LogP contribution in [0.4, 0.5) is 11.6 Å². The Morgan fingerprint density at radius 2 is 2.00 bits per heavy atom. The maximum absolute atomic E-state index is 5.71. The lowest BCUT2D eigenvalue weighted by molar-refractivity contribution is 0.0804. The van der Waals surface area contributed by atoms with Crippen LogP contribution in [0.3, 0.4) is 0 Å². The molecule has 0 bridgehead atoms. The van der Waals surface area contributed by atoms with Gasteiger partial charge in [-0.15, -0.1) is 0 Å². The van der Waals surface area contributed by atoms with E-state index in [0.29, 0.717) is 25.7 Å². The fourth-order valence-electron chi connectivity index (χ4n) is 3.48. The number of fused-ring (bicyclic) bond motifs is 1. The smallest absolute Gasteiger partial charge is 0.227 e. The number of benzene rings is 1. The fourth-order valence-corrected chi connectivity index (χ4v) is 3.48. The lowest BCUT2D eigenvalue weighted by Gasteiger charge is -2.15. The minimum Gasteiger partial charge on any atom is -0.497 e. The number of rotatable bonds is 5. The molecule has 0 unspecified atom stereocenters. The summed E-state index contributed by atoms with van der Waals surface area (Å²) in [5.74, 6) is 1.30. The van der Waals surface area contributed by atoms with Crippen molar-refractivity contribution in [3.8, 4) is 28.3 Å². The van der Waals surface area contributed by atoms with Crippen LogP contribution in [-0.4, -0.2) is 38.4 Å². The molecular formula is C22H20N6O2. The van der Waals surface area contributed by atoms with Crippen LogP contribution in [-0.2, 0) is 17.9 Å². The number of aromatic nitrogens is 5. The molecule has 5 rings (SSSR count). The number of anilines is 2. The summed E-state index contributed by atoms with van der Waals surface area (Å²) in [6.45, 7) is 1.85. The van der Waals surface area contributed by atoms with E-state index in [0.717, 1.165) is 39.6 Å². The van der Waals surface area contributed by atoms with Crippen LogP contribution >= 0.6 is 0 Å². The van der Waals surface area contributed by atoms with Gasteiger partial charge in [-0.1, -0.05) is 0 Å². The van der Waals surface area contributed by atoms with Crippen molar-refractivity contribution < 1.29 is 9.47 Å². The van der Waals surface area contributed by atoms with Crippen molar-refractivity contribution in [2.75, 3.05) is 19.0 Å². The van der Waals surface area contributed by atoms with Crippen molar-refractivity contribution in [1.82, 2.24) is 24.7 Å². The average molecular weight is 400 g/mol. The molecule has 1 aliphatic heterocycles. The summed E-state index contributed by atoms with van der Waals surface area (Å²) in [5, 5.41) is 8.08. The zero-order valence-electron chi connectivity index (χ0n) is 16.4. The molecule has 8 nitrogen and oxygen atoms in total. The minimum atomic E-state index is 0.494. The first-order valence-corrected chi connectivity index (χ1v) is 9.64. The number of hydrogen-bond donors (Lipinski definition) is 1. The molecule has 1 N–H and O–H groups in total. The molecule has 8 heteroatoms. The number of ether oxygens (including phenoxy) is 2. The van der Waals surface area contributed by atoms with Crippen molar-refractivity contribution in [3.63, 3.8) is 0 Å². The highest BCUT2D eigenvalue weighted by Gasteiger charge is 2.24. The molecule has 0 aliphatic carbocycles. The Hall–Kier alpha value is -3.78. The van der Waals surface area contributed by atoms with E-state index in [1.807, 2.05) is 53.3 Å². The number of nitrogens with zero attached hydrogens (tertiary/aromatic N) is 5. The molecule has 0 spiro atoms. The molecule has 1 aromatic carbocycles. The summed E-state index contributed by atoms with van der Waals surface area (Å²) in [6.07, 6.45) is 5.31. The summed E-state index contributed by atoms with van der Waals surface area (Å²) in [4.78, 5) is 13.4. The number of hydrogen-bond acceptors (Lipinski definition) is 7. The molecule has 0 amide bonds. The van der Waals surface area contributed by atoms with Gasteiger partial charge in [0.2, 0.25) is 5.95 Å².